The molecule has 5 rings (SSSR count). The van der Waals surface area contributed by atoms with Crippen molar-refractivity contribution in [2.45, 2.75) is 12.6 Å². The Kier molecular flexibility index (Phi) is 3.80. The van der Waals surface area contributed by atoms with Crippen LogP contribution in [0.2, 0.25) is 10.0 Å². The maximum atomic E-state index is 6.21. The molecule has 0 unspecified atom stereocenters. The number of nitrogens with zero attached hydrogens (tertiary/aromatic N) is 3. The monoisotopic (exact) mass is 403 g/mol. The Hall–Kier alpha value is -2.64. The standard InChI is InChI=1S/C18H15Cl2N5O2/c19-10-3-2-9(6-11(10)20)16-23-17(21)24-18-22-12-7-14-15(8-13(12)25(16)18)27-5-1-4-26-14/h2-3,6-8,16H,1,4-5H2,(H3,21,22,23,24)/t16-/m0/s1. The van der Waals surface area contributed by atoms with Gasteiger partial charge in [0, 0.05) is 18.6 Å². The van der Waals surface area contributed by atoms with Crippen LogP contribution in [0.1, 0.15) is 18.2 Å². The van der Waals surface area contributed by atoms with Gasteiger partial charge in [-0.25, -0.2) is 9.98 Å². The van der Waals surface area contributed by atoms with Crippen molar-refractivity contribution in [3.63, 3.8) is 0 Å². The molecule has 0 fully saturated rings. The summed E-state index contributed by atoms with van der Waals surface area (Å²) in [6, 6.07) is 9.21. The van der Waals surface area contributed by atoms with E-state index in [0.717, 1.165) is 23.0 Å². The number of fused-ring (bicyclic) bond motifs is 4. The van der Waals surface area contributed by atoms with E-state index in [4.69, 9.17) is 38.4 Å². The van der Waals surface area contributed by atoms with Gasteiger partial charge in [0.25, 0.3) is 0 Å². The highest BCUT2D eigenvalue weighted by Crippen LogP contribution is 2.39. The fraction of sp³-hybridized carbons (Fsp3) is 0.222. The molecule has 1 atom stereocenters. The molecule has 0 spiro atoms. The zero-order valence-electron chi connectivity index (χ0n) is 14.1. The number of aromatic nitrogens is 2. The number of nitrogens with one attached hydrogen (secondary N) is 1. The molecule has 0 bridgehead atoms. The lowest BCUT2D eigenvalue weighted by molar-refractivity contribution is 0.297. The minimum Gasteiger partial charge on any atom is -0.489 e. The lowest BCUT2D eigenvalue weighted by Crippen LogP contribution is -2.31. The highest BCUT2D eigenvalue weighted by Gasteiger charge is 2.27. The van der Waals surface area contributed by atoms with E-state index in [9.17, 15) is 0 Å². The molecule has 2 aliphatic heterocycles. The largest absolute Gasteiger partial charge is 0.489 e. The molecule has 3 N–H and O–H groups in total. The molecule has 3 aromatic rings. The van der Waals surface area contributed by atoms with Crippen molar-refractivity contribution in [3.8, 4) is 11.5 Å². The van der Waals surface area contributed by atoms with E-state index in [1.165, 1.54) is 0 Å². The maximum Gasteiger partial charge on any atom is 0.212 e. The third-order valence-corrected chi connectivity index (χ3v) is 5.29. The van der Waals surface area contributed by atoms with Gasteiger partial charge in [-0.1, -0.05) is 29.3 Å². The number of hydrogen-bond acceptors (Lipinski definition) is 6. The summed E-state index contributed by atoms with van der Waals surface area (Å²) >= 11 is 12.3. The molecule has 7 nitrogen and oxygen atoms in total. The molecule has 3 heterocycles. The van der Waals surface area contributed by atoms with Gasteiger partial charge >= 0.3 is 0 Å². The molecule has 0 saturated heterocycles. The lowest BCUT2D eigenvalue weighted by Gasteiger charge is -2.24. The first-order valence-electron chi connectivity index (χ1n) is 8.47. The molecule has 0 aliphatic carbocycles. The summed E-state index contributed by atoms with van der Waals surface area (Å²) in [5.41, 5.74) is 8.45. The summed E-state index contributed by atoms with van der Waals surface area (Å²) in [6.07, 6.45) is 0.414. The molecule has 138 valence electrons. The molecule has 27 heavy (non-hydrogen) atoms. The van der Waals surface area contributed by atoms with Gasteiger partial charge < -0.3 is 15.2 Å². The first-order valence-corrected chi connectivity index (χ1v) is 9.22. The molecule has 2 aliphatic rings. The van der Waals surface area contributed by atoms with E-state index >= 15 is 0 Å². The minimum atomic E-state index is -0.425. The van der Waals surface area contributed by atoms with Gasteiger partial charge in [0.05, 0.1) is 34.3 Å². The zero-order valence-corrected chi connectivity index (χ0v) is 15.6. The highest BCUT2D eigenvalue weighted by molar-refractivity contribution is 6.42. The van der Waals surface area contributed by atoms with Crippen LogP contribution in [0, 0.1) is 0 Å². The quantitative estimate of drug-likeness (QED) is 0.645. The van der Waals surface area contributed by atoms with Crippen molar-refractivity contribution >= 4 is 46.1 Å². The highest BCUT2D eigenvalue weighted by atomic mass is 35.5. The summed E-state index contributed by atoms with van der Waals surface area (Å²) in [6.45, 7) is 1.23. The number of aliphatic imine (C=N–C) groups is 1. The topological polar surface area (TPSA) is 86.7 Å². The molecule has 2 aromatic carbocycles. The number of anilines is 1. The van der Waals surface area contributed by atoms with Crippen LogP contribution in [0.4, 0.5) is 5.95 Å². The number of halogens is 2. The fourth-order valence-corrected chi connectivity index (χ4v) is 3.63. The Morgan fingerprint density at radius 3 is 2.63 bits per heavy atom. The molecule has 0 saturated carbocycles. The van der Waals surface area contributed by atoms with Crippen LogP contribution in [0.3, 0.4) is 0 Å². The molecule has 0 amide bonds. The third-order valence-electron chi connectivity index (χ3n) is 4.55. The van der Waals surface area contributed by atoms with Crippen LogP contribution in [-0.4, -0.2) is 28.7 Å². The van der Waals surface area contributed by atoms with Gasteiger partial charge in [0.2, 0.25) is 5.95 Å². The molecular weight excluding hydrogens is 389 g/mol. The van der Waals surface area contributed by atoms with E-state index in [0.29, 0.717) is 40.7 Å². The predicted octanol–water partition coefficient (Wildman–Crippen LogP) is 3.79. The van der Waals surface area contributed by atoms with Crippen molar-refractivity contribution in [3.05, 3.63) is 45.9 Å². The van der Waals surface area contributed by atoms with Crippen molar-refractivity contribution in [1.82, 2.24) is 9.55 Å². The van der Waals surface area contributed by atoms with Crippen molar-refractivity contribution in [2.75, 3.05) is 18.5 Å². The van der Waals surface area contributed by atoms with Crippen molar-refractivity contribution in [1.29, 1.82) is 0 Å². The summed E-state index contributed by atoms with van der Waals surface area (Å²) in [4.78, 5) is 9.20. The normalized spacial score (nSPS) is 18.4. The Labute approximate surface area is 164 Å². The van der Waals surface area contributed by atoms with Gasteiger partial charge in [-0.05, 0) is 17.7 Å². The van der Waals surface area contributed by atoms with E-state index in [1.807, 2.05) is 22.8 Å². The average Bonchev–Trinajstić information content (AvgIpc) is 2.83. The second-order valence-electron chi connectivity index (χ2n) is 6.33. The zero-order chi connectivity index (χ0) is 18.5. The van der Waals surface area contributed by atoms with Gasteiger partial charge in [-0.2, -0.15) is 0 Å². The summed E-state index contributed by atoms with van der Waals surface area (Å²) in [5.74, 6) is 2.25. The molecular formula is C18H15Cl2N5O2. The molecule has 0 radical (unpaired) electrons. The van der Waals surface area contributed by atoms with E-state index in [1.54, 1.807) is 12.1 Å². The smallest absolute Gasteiger partial charge is 0.212 e. The minimum absolute atomic E-state index is 0.281. The SMILES string of the molecule is NC1=N[C@H](c2ccc(Cl)c(Cl)c2)n2c(nc3cc4c(cc32)OCCCO4)N1. The lowest BCUT2D eigenvalue weighted by atomic mass is 10.1. The first kappa shape index (κ1) is 16.5. The van der Waals surface area contributed by atoms with Crippen molar-refractivity contribution < 1.29 is 9.47 Å². The van der Waals surface area contributed by atoms with Crippen molar-refractivity contribution in [2.24, 2.45) is 10.7 Å². The number of imidazole rings is 1. The number of hydrogen-bond donors (Lipinski definition) is 2. The number of nitrogens with two attached hydrogens (primary N) is 1. The number of rotatable bonds is 1. The maximum absolute atomic E-state index is 6.21. The number of ether oxygens (including phenoxy) is 2. The summed E-state index contributed by atoms with van der Waals surface area (Å²) < 4.78 is 13.6. The average molecular weight is 404 g/mol. The molecule has 9 heteroatoms. The van der Waals surface area contributed by atoms with Crippen LogP contribution in [0.15, 0.2) is 35.3 Å². The van der Waals surface area contributed by atoms with Crippen LogP contribution < -0.4 is 20.5 Å². The van der Waals surface area contributed by atoms with Crippen LogP contribution in [-0.2, 0) is 0 Å². The summed E-state index contributed by atoms with van der Waals surface area (Å²) in [5, 5.41) is 3.96. The van der Waals surface area contributed by atoms with E-state index < -0.39 is 6.17 Å². The van der Waals surface area contributed by atoms with Crippen LogP contribution in [0.5, 0.6) is 11.5 Å². The van der Waals surface area contributed by atoms with E-state index in [-0.39, 0.29) is 5.96 Å². The van der Waals surface area contributed by atoms with Crippen LogP contribution in [0.25, 0.3) is 11.0 Å². The Bertz CT molecular complexity index is 1100. The first-order chi connectivity index (χ1) is 13.1. The van der Waals surface area contributed by atoms with Gasteiger partial charge in [-0.15, -0.1) is 0 Å². The second kappa shape index (κ2) is 6.21. The van der Waals surface area contributed by atoms with Gasteiger partial charge in [0.15, 0.2) is 23.6 Å². The van der Waals surface area contributed by atoms with Crippen LogP contribution >= 0.6 is 23.2 Å². The third kappa shape index (κ3) is 2.74. The number of guanidine groups is 1. The Morgan fingerprint density at radius 1 is 1.07 bits per heavy atom. The van der Waals surface area contributed by atoms with E-state index in [2.05, 4.69) is 15.3 Å². The predicted molar refractivity (Wildman–Crippen MR) is 105 cm³/mol. The Morgan fingerprint density at radius 2 is 1.85 bits per heavy atom. The Balaban J connectivity index is 1.71. The van der Waals surface area contributed by atoms with Gasteiger partial charge in [0.1, 0.15) is 0 Å². The fourth-order valence-electron chi connectivity index (χ4n) is 3.32. The summed E-state index contributed by atoms with van der Waals surface area (Å²) in [7, 11) is 0. The van der Waals surface area contributed by atoms with Gasteiger partial charge in [-0.3, -0.25) is 9.88 Å². The second-order valence-corrected chi connectivity index (χ2v) is 7.14. The number of benzene rings is 2. The molecule has 1 aromatic heterocycles.